The SMILES string of the molecule is COc1ccc(F)cc1C(O)C(C)Oc1cccc(Cl)c1. The predicted molar refractivity (Wildman–Crippen MR) is 79.5 cm³/mol. The Labute approximate surface area is 127 Å². The second kappa shape index (κ2) is 6.78. The summed E-state index contributed by atoms with van der Waals surface area (Å²) in [7, 11) is 1.46. The Kier molecular flexibility index (Phi) is 5.04. The molecule has 2 aromatic carbocycles. The summed E-state index contributed by atoms with van der Waals surface area (Å²) >= 11 is 5.88. The van der Waals surface area contributed by atoms with Crippen molar-refractivity contribution in [2.24, 2.45) is 0 Å². The summed E-state index contributed by atoms with van der Waals surface area (Å²) < 4.78 is 24.1. The molecule has 2 aromatic rings. The van der Waals surface area contributed by atoms with Crippen molar-refractivity contribution in [3.63, 3.8) is 0 Å². The van der Waals surface area contributed by atoms with Crippen LogP contribution in [0.15, 0.2) is 42.5 Å². The van der Waals surface area contributed by atoms with Crippen molar-refractivity contribution in [1.82, 2.24) is 0 Å². The van der Waals surface area contributed by atoms with Crippen molar-refractivity contribution in [3.05, 3.63) is 58.9 Å². The minimum Gasteiger partial charge on any atom is -0.496 e. The number of rotatable bonds is 5. The normalized spacial score (nSPS) is 13.6. The Balaban J connectivity index is 2.19. The molecule has 0 aliphatic heterocycles. The molecule has 0 spiro atoms. The molecule has 0 radical (unpaired) electrons. The van der Waals surface area contributed by atoms with Gasteiger partial charge in [0.1, 0.15) is 29.5 Å². The Morgan fingerprint density at radius 3 is 2.62 bits per heavy atom. The number of hydrogen-bond acceptors (Lipinski definition) is 3. The van der Waals surface area contributed by atoms with Gasteiger partial charge in [0.05, 0.1) is 7.11 Å². The van der Waals surface area contributed by atoms with Gasteiger partial charge in [-0.2, -0.15) is 0 Å². The van der Waals surface area contributed by atoms with Crippen LogP contribution in [0.4, 0.5) is 4.39 Å². The third kappa shape index (κ3) is 3.86. The lowest BCUT2D eigenvalue weighted by molar-refractivity contribution is 0.0449. The number of aliphatic hydroxyl groups excluding tert-OH is 1. The van der Waals surface area contributed by atoms with Gasteiger partial charge in [-0.15, -0.1) is 0 Å². The first-order valence-corrected chi connectivity index (χ1v) is 6.83. The average molecular weight is 311 g/mol. The molecule has 0 bridgehead atoms. The predicted octanol–water partition coefficient (Wildman–Crippen LogP) is 3.99. The Morgan fingerprint density at radius 2 is 1.95 bits per heavy atom. The van der Waals surface area contributed by atoms with Gasteiger partial charge in [0.25, 0.3) is 0 Å². The number of halogens is 2. The molecule has 21 heavy (non-hydrogen) atoms. The van der Waals surface area contributed by atoms with Crippen molar-refractivity contribution in [3.8, 4) is 11.5 Å². The van der Waals surface area contributed by atoms with Gasteiger partial charge in [-0.05, 0) is 43.3 Å². The van der Waals surface area contributed by atoms with E-state index >= 15 is 0 Å². The van der Waals surface area contributed by atoms with Crippen LogP contribution in [0.2, 0.25) is 5.02 Å². The molecule has 0 fully saturated rings. The molecule has 1 N–H and O–H groups in total. The van der Waals surface area contributed by atoms with Crippen LogP contribution in [-0.4, -0.2) is 18.3 Å². The average Bonchev–Trinajstić information content (AvgIpc) is 2.46. The molecule has 3 nitrogen and oxygen atoms in total. The maximum atomic E-state index is 13.4. The third-order valence-electron chi connectivity index (χ3n) is 3.07. The third-order valence-corrected chi connectivity index (χ3v) is 3.31. The molecule has 0 saturated carbocycles. The minimum absolute atomic E-state index is 0.340. The van der Waals surface area contributed by atoms with E-state index in [0.717, 1.165) is 0 Å². The van der Waals surface area contributed by atoms with Crippen LogP contribution >= 0.6 is 11.6 Å². The fourth-order valence-electron chi connectivity index (χ4n) is 2.01. The van der Waals surface area contributed by atoms with Crippen LogP contribution in [-0.2, 0) is 0 Å². The maximum absolute atomic E-state index is 13.4. The van der Waals surface area contributed by atoms with Crippen LogP contribution < -0.4 is 9.47 Å². The van der Waals surface area contributed by atoms with E-state index in [-0.39, 0.29) is 0 Å². The fourth-order valence-corrected chi connectivity index (χ4v) is 2.19. The first-order chi connectivity index (χ1) is 10.0. The van der Waals surface area contributed by atoms with E-state index in [0.29, 0.717) is 22.1 Å². The van der Waals surface area contributed by atoms with E-state index in [2.05, 4.69) is 0 Å². The second-order valence-electron chi connectivity index (χ2n) is 4.61. The van der Waals surface area contributed by atoms with Gasteiger partial charge in [-0.3, -0.25) is 0 Å². The molecule has 2 rings (SSSR count). The highest BCUT2D eigenvalue weighted by molar-refractivity contribution is 6.30. The van der Waals surface area contributed by atoms with Crippen molar-refractivity contribution in [2.45, 2.75) is 19.1 Å². The summed E-state index contributed by atoms with van der Waals surface area (Å²) in [6.07, 6.45) is -1.63. The summed E-state index contributed by atoms with van der Waals surface area (Å²) in [6.45, 7) is 1.69. The van der Waals surface area contributed by atoms with E-state index < -0.39 is 18.0 Å². The van der Waals surface area contributed by atoms with Gasteiger partial charge in [0.2, 0.25) is 0 Å². The van der Waals surface area contributed by atoms with E-state index in [1.165, 1.54) is 25.3 Å². The van der Waals surface area contributed by atoms with Gasteiger partial charge in [0, 0.05) is 10.6 Å². The highest BCUT2D eigenvalue weighted by Gasteiger charge is 2.22. The van der Waals surface area contributed by atoms with Crippen molar-refractivity contribution < 1.29 is 19.0 Å². The van der Waals surface area contributed by atoms with Gasteiger partial charge in [0.15, 0.2) is 0 Å². The lowest BCUT2D eigenvalue weighted by atomic mass is 10.0. The minimum atomic E-state index is -1.03. The standard InChI is InChI=1S/C16H16ClFO3/c1-10(21-13-5-3-4-11(17)8-13)16(19)14-9-12(18)6-7-15(14)20-2/h3-10,16,19H,1-2H3. The molecule has 0 aromatic heterocycles. The second-order valence-corrected chi connectivity index (χ2v) is 5.05. The van der Waals surface area contributed by atoms with Gasteiger partial charge in [-0.1, -0.05) is 17.7 Å². The zero-order valence-electron chi connectivity index (χ0n) is 11.7. The number of methoxy groups -OCH3 is 1. The van der Waals surface area contributed by atoms with E-state index in [4.69, 9.17) is 21.1 Å². The molecule has 0 saturated heterocycles. The smallest absolute Gasteiger partial charge is 0.126 e. The van der Waals surface area contributed by atoms with E-state index in [1.807, 2.05) is 0 Å². The first-order valence-electron chi connectivity index (χ1n) is 6.45. The molecule has 0 aliphatic carbocycles. The number of benzene rings is 2. The largest absolute Gasteiger partial charge is 0.496 e. The molecule has 112 valence electrons. The molecule has 0 aliphatic rings. The van der Waals surface area contributed by atoms with Crippen LogP contribution in [0.25, 0.3) is 0 Å². The highest BCUT2D eigenvalue weighted by atomic mass is 35.5. The summed E-state index contributed by atoms with van der Waals surface area (Å²) in [5, 5.41) is 10.9. The molecular formula is C16H16ClFO3. The molecule has 0 amide bonds. The van der Waals surface area contributed by atoms with Gasteiger partial charge >= 0.3 is 0 Å². The van der Waals surface area contributed by atoms with Crippen LogP contribution in [0.3, 0.4) is 0 Å². The molecule has 0 heterocycles. The number of hydrogen-bond donors (Lipinski definition) is 1. The van der Waals surface area contributed by atoms with E-state index in [9.17, 15) is 9.50 Å². The first kappa shape index (κ1) is 15.6. The zero-order chi connectivity index (χ0) is 15.4. The summed E-state index contributed by atoms with van der Waals surface area (Å²) in [5.41, 5.74) is 0.340. The summed E-state index contributed by atoms with van der Waals surface area (Å²) in [6, 6.07) is 10.8. The van der Waals surface area contributed by atoms with E-state index in [1.54, 1.807) is 31.2 Å². The zero-order valence-corrected chi connectivity index (χ0v) is 12.5. The van der Waals surface area contributed by atoms with Crippen LogP contribution in [0, 0.1) is 5.82 Å². The lowest BCUT2D eigenvalue weighted by Crippen LogP contribution is -2.22. The lowest BCUT2D eigenvalue weighted by Gasteiger charge is -2.22. The maximum Gasteiger partial charge on any atom is 0.126 e. The quantitative estimate of drug-likeness (QED) is 0.907. The summed E-state index contributed by atoms with van der Waals surface area (Å²) in [4.78, 5) is 0. The molecular weight excluding hydrogens is 295 g/mol. The fraction of sp³-hybridized carbons (Fsp3) is 0.250. The Bertz CT molecular complexity index is 618. The van der Waals surface area contributed by atoms with Gasteiger partial charge in [-0.25, -0.2) is 4.39 Å². The van der Waals surface area contributed by atoms with Crippen LogP contribution in [0.1, 0.15) is 18.6 Å². The number of ether oxygens (including phenoxy) is 2. The monoisotopic (exact) mass is 310 g/mol. The topological polar surface area (TPSA) is 38.7 Å². The molecule has 2 atom stereocenters. The highest BCUT2D eigenvalue weighted by Crippen LogP contribution is 2.30. The Morgan fingerprint density at radius 1 is 1.19 bits per heavy atom. The Hall–Kier alpha value is -1.78. The van der Waals surface area contributed by atoms with Crippen molar-refractivity contribution in [2.75, 3.05) is 7.11 Å². The van der Waals surface area contributed by atoms with Crippen molar-refractivity contribution >= 4 is 11.6 Å². The summed E-state index contributed by atoms with van der Waals surface area (Å²) in [5.74, 6) is 0.495. The molecule has 2 unspecified atom stereocenters. The molecule has 5 heteroatoms. The van der Waals surface area contributed by atoms with Gasteiger partial charge < -0.3 is 14.6 Å². The number of aliphatic hydroxyl groups is 1. The van der Waals surface area contributed by atoms with Crippen LogP contribution in [0.5, 0.6) is 11.5 Å². The van der Waals surface area contributed by atoms with Crippen molar-refractivity contribution in [1.29, 1.82) is 0 Å².